The minimum absolute atomic E-state index is 0.0150. The van der Waals surface area contributed by atoms with E-state index in [-0.39, 0.29) is 11.9 Å². The molecule has 6 nitrogen and oxygen atoms in total. The summed E-state index contributed by atoms with van der Waals surface area (Å²) in [5.41, 5.74) is 9.24. The zero-order valence-corrected chi connectivity index (χ0v) is 24.0. The summed E-state index contributed by atoms with van der Waals surface area (Å²) in [6.07, 6.45) is 1.85. The van der Waals surface area contributed by atoms with Crippen LogP contribution < -0.4 is 14.5 Å². The van der Waals surface area contributed by atoms with Gasteiger partial charge in [0, 0.05) is 43.0 Å². The lowest BCUT2D eigenvalue weighted by Gasteiger charge is -2.45. The topological polar surface area (TPSA) is 54.8 Å². The number of benzene rings is 5. The Hall–Kier alpha value is -5.36. The lowest BCUT2D eigenvalue weighted by atomic mass is 9.92. The first kappa shape index (κ1) is 25.4. The van der Waals surface area contributed by atoms with Gasteiger partial charge in [-0.2, -0.15) is 0 Å². The first-order valence-corrected chi connectivity index (χ1v) is 14.5. The average molecular weight is 564 g/mol. The van der Waals surface area contributed by atoms with E-state index in [1.807, 2.05) is 79.9 Å². The first-order chi connectivity index (χ1) is 20.9. The predicted molar refractivity (Wildman–Crippen MR) is 171 cm³/mol. The van der Waals surface area contributed by atoms with Crippen LogP contribution in [-0.4, -0.2) is 23.1 Å². The smallest absolute Gasteiger partial charge is 0.344 e. The highest BCUT2D eigenvalue weighted by atomic mass is 16.5. The van der Waals surface area contributed by atoms with Gasteiger partial charge >= 0.3 is 5.97 Å². The van der Waals surface area contributed by atoms with Crippen LogP contribution in [0.1, 0.15) is 38.8 Å². The van der Waals surface area contributed by atoms with Crippen LogP contribution in [0.25, 0.3) is 32.8 Å². The van der Waals surface area contributed by atoms with Crippen LogP contribution >= 0.6 is 0 Å². The van der Waals surface area contributed by atoms with E-state index in [1.165, 1.54) is 22.5 Å². The lowest BCUT2D eigenvalue weighted by Crippen LogP contribution is -2.46. The average Bonchev–Trinajstić information content (AvgIpc) is 3.43. The standard InChI is InChI=1S/C37H29N3O3/c1-23-6-5-9-32(37(42)43-31-12-10-25-7-3-4-8-26(25)17-31)36(23)28-11-13-33-29(16-28)20-39-22-38(33)21-30-19-35-27(18-34(30)39)14-15-40(35)24(2)41/h3-19H,20-22H2,1-2H3. The molecule has 6 aromatic rings. The highest BCUT2D eigenvalue weighted by Crippen LogP contribution is 2.42. The van der Waals surface area contributed by atoms with Gasteiger partial charge < -0.3 is 14.5 Å². The molecule has 2 bridgehead atoms. The molecule has 0 atom stereocenters. The molecule has 8 rings (SSSR count). The summed E-state index contributed by atoms with van der Waals surface area (Å²) >= 11 is 0. The summed E-state index contributed by atoms with van der Waals surface area (Å²) in [5.74, 6) is 0.175. The van der Waals surface area contributed by atoms with E-state index in [4.69, 9.17) is 4.74 Å². The van der Waals surface area contributed by atoms with Gasteiger partial charge in [0.15, 0.2) is 0 Å². The van der Waals surface area contributed by atoms with Gasteiger partial charge in [-0.15, -0.1) is 0 Å². The van der Waals surface area contributed by atoms with Gasteiger partial charge in [-0.3, -0.25) is 9.36 Å². The summed E-state index contributed by atoms with van der Waals surface area (Å²) < 4.78 is 7.63. The fourth-order valence-electron chi connectivity index (χ4n) is 6.74. The van der Waals surface area contributed by atoms with Crippen molar-refractivity contribution in [1.29, 1.82) is 0 Å². The van der Waals surface area contributed by atoms with E-state index in [9.17, 15) is 9.59 Å². The van der Waals surface area contributed by atoms with Gasteiger partial charge in [0.2, 0.25) is 5.91 Å². The predicted octanol–water partition coefficient (Wildman–Crippen LogP) is 7.95. The zero-order chi connectivity index (χ0) is 29.2. The summed E-state index contributed by atoms with van der Waals surface area (Å²) in [4.78, 5) is 30.5. The Balaban J connectivity index is 1.13. The van der Waals surface area contributed by atoms with Gasteiger partial charge in [0.05, 0.1) is 17.7 Å². The highest BCUT2D eigenvalue weighted by Gasteiger charge is 2.30. The molecule has 2 aliphatic rings. The molecule has 0 amide bonds. The largest absolute Gasteiger partial charge is 0.423 e. The second-order valence-electron chi connectivity index (χ2n) is 11.5. The van der Waals surface area contributed by atoms with Crippen LogP contribution in [0.4, 0.5) is 11.4 Å². The third kappa shape index (κ3) is 4.17. The molecular weight excluding hydrogens is 534 g/mol. The second-order valence-corrected chi connectivity index (χ2v) is 11.5. The number of hydrogen-bond donors (Lipinski definition) is 0. The Morgan fingerprint density at radius 1 is 0.721 bits per heavy atom. The molecule has 0 fully saturated rings. The fourth-order valence-corrected chi connectivity index (χ4v) is 6.74. The number of fused-ring (bicyclic) bond motifs is 8. The van der Waals surface area contributed by atoms with Crippen LogP contribution in [-0.2, 0) is 13.1 Å². The second kappa shape index (κ2) is 9.60. The molecule has 3 heterocycles. The number of rotatable bonds is 3. The van der Waals surface area contributed by atoms with Crippen LogP contribution in [0.5, 0.6) is 5.75 Å². The molecule has 1 aromatic heterocycles. The van der Waals surface area contributed by atoms with Crippen molar-refractivity contribution < 1.29 is 14.3 Å². The van der Waals surface area contributed by atoms with Crippen molar-refractivity contribution in [3.8, 4) is 16.9 Å². The van der Waals surface area contributed by atoms with Crippen molar-refractivity contribution in [3.05, 3.63) is 126 Å². The maximum absolute atomic E-state index is 13.6. The molecule has 6 heteroatoms. The third-order valence-electron chi connectivity index (χ3n) is 8.77. The molecule has 43 heavy (non-hydrogen) atoms. The molecule has 0 aliphatic carbocycles. The zero-order valence-electron chi connectivity index (χ0n) is 24.0. The van der Waals surface area contributed by atoms with Crippen molar-refractivity contribution in [3.63, 3.8) is 0 Å². The fraction of sp³-hybridized carbons (Fsp3) is 0.135. The maximum atomic E-state index is 13.6. The molecular formula is C37H29N3O3. The van der Waals surface area contributed by atoms with E-state index < -0.39 is 0 Å². The number of hydrogen-bond acceptors (Lipinski definition) is 5. The quantitative estimate of drug-likeness (QED) is 0.162. The molecule has 5 aromatic carbocycles. The minimum atomic E-state index is -0.369. The third-order valence-corrected chi connectivity index (χ3v) is 8.77. The number of anilines is 2. The molecule has 0 spiro atoms. The van der Waals surface area contributed by atoms with Crippen molar-refractivity contribution in [2.24, 2.45) is 0 Å². The van der Waals surface area contributed by atoms with E-state index in [2.05, 4.69) is 40.1 Å². The Kier molecular flexibility index (Phi) is 5.66. The molecule has 0 N–H and O–H groups in total. The number of carbonyl (C=O) groups is 2. The summed E-state index contributed by atoms with van der Waals surface area (Å²) in [6, 6.07) is 32.4. The number of aryl methyl sites for hydroxylation is 1. The van der Waals surface area contributed by atoms with Crippen LogP contribution in [0.2, 0.25) is 0 Å². The molecule has 2 aliphatic heterocycles. The Labute approximate surface area is 249 Å². The van der Waals surface area contributed by atoms with E-state index >= 15 is 0 Å². The summed E-state index contributed by atoms with van der Waals surface area (Å²) in [5, 5.41) is 3.20. The normalized spacial score (nSPS) is 13.6. The highest BCUT2D eigenvalue weighted by molar-refractivity contribution is 6.00. The van der Waals surface area contributed by atoms with Crippen molar-refractivity contribution in [2.75, 3.05) is 16.5 Å². The van der Waals surface area contributed by atoms with E-state index in [0.29, 0.717) is 11.3 Å². The van der Waals surface area contributed by atoms with Gasteiger partial charge in [0.1, 0.15) is 5.75 Å². The van der Waals surface area contributed by atoms with Gasteiger partial charge in [-0.05, 0) is 94.0 Å². The number of aromatic nitrogens is 1. The number of esters is 1. The number of nitrogens with zero attached hydrogens (tertiary/aromatic N) is 3. The molecule has 0 saturated heterocycles. The van der Waals surface area contributed by atoms with Crippen LogP contribution in [0.3, 0.4) is 0 Å². The Morgan fingerprint density at radius 2 is 1.51 bits per heavy atom. The van der Waals surface area contributed by atoms with Gasteiger partial charge in [-0.1, -0.05) is 48.5 Å². The summed E-state index contributed by atoms with van der Waals surface area (Å²) in [6.45, 7) is 5.97. The van der Waals surface area contributed by atoms with E-state index in [1.54, 1.807) is 11.5 Å². The SMILES string of the molecule is CC(=O)n1ccc2cc3c(cc21)CN1CN3Cc2cc(-c3c(C)cccc3C(=O)Oc3ccc4ccccc4c3)ccc21. The Bertz CT molecular complexity index is 2130. The van der Waals surface area contributed by atoms with Crippen molar-refractivity contribution in [2.45, 2.75) is 26.9 Å². The van der Waals surface area contributed by atoms with Crippen molar-refractivity contribution >= 4 is 44.9 Å². The van der Waals surface area contributed by atoms with Crippen molar-refractivity contribution in [1.82, 2.24) is 4.57 Å². The maximum Gasteiger partial charge on any atom is 0.344 e. The monoisotopic (exact) mass is 563 g/mol. The van der Waals surface area contributed by atoms with Gasteiger partial charge in [0.25, 0.3) is 0 Å². The lowest BCUT2D eigenvalue weighted by molar-refractivity contribution is 0.0735. The Morgan fingerprint density at radius 3 is 2.35 bits per heavy atom. The number of carbonyl (C=O) groups excluding carboxylic acids is 2. The molecule has 0 unspecified atom stereocenters. The molecule has 0 saturated carbocycles. The van der Waals surface area contributed by atoms with E-state index in [0.717, 1.165) is 58.1 Å². The van der Waals surface area contributed by atoms with Gasteiger partial charge in [-0.25, -0.2) is 4.79 Å². The minimum Gasteiger partial charge on any atom is -0.423 e. The number of ether oxygens (including phenoxy) is 1. The first-order valence-electron chi connectivity index (χ1n) is 14.5. The van der Waals surface area contributed by atoms with Crippen LogP contribution in [0.15, 0.2) is 103 Å². The molecule has 210 valence electrons. The molecule has 0 radical (unpaired) electrons. The summed E-state index contributed by atoms with van der Waals surface area (Å²) in [7, 11) is 0. The van der Waals surface area contributed by atoms with Crippen LogP contribution in [0, 0.1) is 6.92 Å².